The minimum absolute atomic E-state index is 0. The van der Waals surface area contributed by atoms with Crippen LogP contribution in [-0.2, 0) is 12.6 Å². The summed E-state index contributed by atoms with van der Waals surface area (Å²) in [5, 5.41) is 6.11. The van der Waals surface area contributed by atoms with Gasteiger partial charge >= 0.3 is 12.4 Å². The van der Waals surface area contributed by atoms with E-state index in [9.17, 15) is 26.3 Å². The maximum Gasteiger partial charge on any atom is 0.416 e. The minimum atomic E-state index is -4.36. The van der Waals surface area contributed by atoms with Crippen LogP contribution in [0.25, 0.3) is 0 Å². The minimum Gasteiger partial charge on any atom is -0.356 e. The van der Waals surface area contributed by atoms with Crippen LogP contribution in [0.1, 0.15) is 17.5 Å². The first-order chi connectivity index (χ1) is 12.6. The van der Waals surface area contributed by atoms with Gasteiger partial charge in [0, 0.05) is 32.7 Å². The zero-order chi connectivity index (χ0) is 20.1. The molecule has 0 saturated carbocycles. The Hall–Kier alpha value is -1.24. The van der Waals surface area contributed by atoms with Crippen LogP contribution < -0.4 is 10.6 Å². The molecule has 0 aliphatic carbocycles. The molecule has 1 atom stereocenters. The molecule has 2 rings (SSSR count). The lowest BCUT2D eigenvalue weighted by molar-refractivity contribution is -0.143. The predicted molar refractivity (Wildman–Crippen MR) is 106 cm³/mol. The maximum absolute atomic E-state index is 12.5. The average Bonchev–Trinajstić information content (AvgIpc) is 2.98. The van der Waals surface area contributed by atoms with Crippen LogP contribution in [0, 0.1) is 0 Å². The van der Waals surface area contributed by atoms with Crippen molar-refractivity contribution in [1.29, 1.82) is 0 Å². The number of nitrogens with one attached hydrogen (secondary N) is 2. The van der Waals surface area contributed by atoms with Gasteiger partial charge < -0.3 is 10.6 Å². The van der Waals surface area contributed by atoms with Gasteiger partial charge in [-0.05, 0) is 30.5 Å². The molecule has 4 nitrogen and oxygen atoms in total. The number of halogens is 7. The number of hydrogen-bond donors (Lipinski definition) is 2. The Kier molecular flexibility index (Phi) is 9.31. The molecule has 11 heteroatoms. The van der Waals surface area contributed by atoms with Gasteiger partial charge in [-0.25, -0.2) is 0 Å². The van der Waals surface area contributed by atoms with Gasteiger partial charge in [0.05, 0.1) is 12.1 Å². The molecule has 160 valence electrons. The predicted octanol–water partition coefficient (Wildman–Crippen LogP) is 3.67. The van der Waals surface area contributed by atoms with Crippen molar-refractivity contribution in [3.63, 3.8) is 0 Å². The Bertz CT molecular complexity index is 630. The lowest BCUT2D eigenvalue weighted by Gasteiger charge is -2.19. The highest BCUT2D eigenvalue weighted by molar-refractivity contribution is 14.0. The van der Waals surface area contributed by atoms with E-state index < -0.39 is 24.5 Å². The van der Waals surface area contributed by atoms with Crippen LogP contribution >= 0.6 is 24.0 Å². The SMILES string of the molecule is CN=C(NCCc1ccc(C(F)(F)F)cc1)NC1CCN(CC(F)(F)F)C1.I. The van der Waals surface area contributed by atoms with Crippen LogP contribution in [0.2, 0.25) is 0 Å². The Morgan fingerprint density at radius 1 is 1.14 bits per heavy atom. The molecule has 0 radical (unpaired) electrons. The summed E-state index contributed by atoms with van der Waals surface area (Å²) in [5.74, 6) is 0.459. The van der Waals surface area contributed by atoms with Crippen molar-refractivity contribution in [3.8, 4) is 0 Å². The van der Waals surface area contributed by atoms with Crippen molar-refractivity contribution in [3.05, 3.63) is 35.4 Å². The number of nitrogens with zero attached hydrogens (tertiary/aromatic N) is 2. The molecule has 28 heavy (non-hydrogen) atoms. The second-order valence-corrected chi connectivity index (χ2v) is 6.42. The summed E-state index contributed by atoms with van der Waals surface area (Å²) in [4.78, 5) is 5.37. The lowest BCUT2D eigenvalue weighted by atomic mass is 10.1. The first-order valence-electron chi connectivity index (χ1n) is 8.49. The molecule has 1 aliphatic heterocycles. The van der Waals surface area contributed by atoms with Gasteiger partial charge in [0.25, 0.3) is 0 Å². The quantitative estimate of drug-likeness (QED) is 0.268. The molecule has 1 heterocycles. The number of likely N-dealkylation sites (tertiary alicyclic amines) is 1. The molecule has 1 unspecified atom stereocenters. The Morgan fingerprint density at radius 3 is 2.32 bits per heavy atom. The van der Waals surface area contributed by atoms with Gasteiger partial charge in [-0.2, -0.15) is 26.3 Å². The highest BCUT2D eigenvalue weighted by Gasteiger charge is 2.34. The van der Waals surface area contributed by atoms with E-state index in [1.165, 1.54) is 17.0 Å². The van der Waals surface area contributed by atoms with Crippen molar-refractivity contribution in [2.75, 3.05) is 33.2 Å². The van der Waals surface area contributed by atoms with E-state index >= 15 is 0 Å². The summed E-state index contributed by atoms with van der Waals surface area (Å²) in [6.45, 7) is 0.147. The zero-order valence-corrected chi connectivity index (χ0v) is 17.5. The molecule has 0 bridgehead atoms. The Morgan fingerprint density at radius 2 is 1.79 bits per heavy atom. The standard InChI is InChI=1S/C17H22F6N4.HI/c1-24-15(26-14-7-9-27(10-14)11-16(18,19)20)25-8-6-12-2-4-13(5-3-12)17(21,22)23;/h2-5,14H,6-11H2,1H3,(H2,24,25,26);1H. The Balaban J connectivity index is 0.00000392. The second-order valence-electron chi connectivity index (χ2n) is 6.42. The fraction of sp³-hybridized carbons (Fsp3) is 0.588. The van der Waals surface area contributed by atoms with Gasteiger partial charge in [0.2, 0.25) is 0 Å². The van der Waals surface area contributed by atoms with E-state index in [2.05, 4.69) is 15.6 Å². The molecular weight excluding hydrogens is 501 g/mol. The Labute approximate surface area is 176 Å². The van der Waals surface area contributed by atoms with Crippen LogP contribution in [0.5, 0.6) is 0 Å². The van der Waals surface area contributed by atoms with E-state index in [-0.39, 0.29) is 36.6 Å². The highest BCUT2D eigenvalue weighted by atomic mass is 127. The molecule has 1 fully saturated rings. The third-order valence-electron chi connectivity index (χ3n) is 4.23. The summed E-state index contributed by atoms with van der Waals surface area (Å²) < 4.78 is 74.9. The first kappa shape index (κ1) is 24.8. The van der Waals surface area contributed by atoms with Gasteiger partial charge in [-0.15, -0.1) is 24.0 Å². The molecule has 0 amide bonds. The topological polar surface area (TPSA) is 39.7 Å². The average molecular weight is 524 g/mol. The lowest BCUT2D eigenvalue weighted by Crippen LogP contribution is -2.45. The maximum atomic E-state index is 12.5. The van der Waals surface area contributed by atoms with Crippen LogP contribution in [-0.4, -0.2) is 56.3 Å². The summed E-state index contributed by atoms with van der Waals surface area (Å²) in [7, 11) is 1.55. The van der Waals surface area contributed by atoms with Crippen molar-refractivity contribution in [2.24, 2.45) is 4.99 Å². The zero-order valence-electron chi connectivity index (χ0n) is 15.2. The third-order valence-corrected chi connectivity index (χ3v) is 4.23. The van der Waals surface area contributed by atoms with E-state index in [4.69, 9.17) is 0 Å². The number of hydrogen-bond acceptors (Lipinski definition) is 2. The molecule has 0 spiro atoms. The fourth-order valence-corrected chi connectivity index (χ4v) is 2.92. The largest absolute Gasteiger partial charge is 0.416 e. The normalized spacial score (nSPS) is 18.7. The van der Waals surface area contributed by atoms with Crippen LogP contribution in [0.15, 0.2) is 29.3 Å². The van der Waals surface area contributed by atoms with Crippen molar-refractivity contribution >= 4 is 29.9 Å². The summed E-state index contributed by atoms with van der Waals surface area (Å²) in [6.07, 6.45) is -7.50. The van der Waals surface area contributed by atoms with Gasteiger partial charge in [0.15, 0.2) is 5.96 Å². The molecule has 2 N–H and O–H groups in total. The summed E-state index contributed by atoms with van der Waals surface area (Å²) >= 11 is 0. The van der Waals surface area contributed by atoms with Crippen molar-refractivity contribution in [1.82, 2.24) is 15.5 Å². The summed E-state index contributed by atoms with van der Waals surface area (Å²) in [6, 6.07) is 4.79. The number of aliphatic imine (C=N–C) groups is 1. The van der Waals surface area contributed by atoms with Crippen LogP contribution in [0.4, 0.5) is 26.3 Å². The van der Waals surface area contributed by atoms with E-state index in [0.717, 1.165) is 17.7 Å². The van der Waals surface area contributed by atoms with E-state index in [1.54, 1.807) is 7.05 Å². The smallest absolute Gasteiger partial charge is 0.356 e. The second kappa shape index (κ2) is 10.5. The number of rotatable bonds is 5. The van der Waals surface area contributed by atoms with Crippen LogP contribution in [0.3, 0.4) is 0 Å². The molecule has 1 aromatic carbocycles. The molecule has 0 aromatic heterocycles. The third kappa shape index (κ3) is 8.41. The van der Waals surface area contributed by atoms with Gasteiger partial charge in [-0.1, -0.05) is 12.1 Å². The molecule has 1 aliphatic rings. The van der Waals surface area contributed by atoms with Gasteiger partial charge in [-0.3, -0.25) is 9.89 Å². The number of guanidine groups is 1. The first-order valence-corrected chi connectivity index (χ1v) is 8.49. The molecular formula is C17H23F6IN4. The summed E-state index contributed by atoms with van der Waals surface area (Å²) in [5.41, 5.74) is 0.0458. The van der Waals surface area contributed by atoms with Crippen molar-refractivity contribution < 1.29 is 26.3 Å². The molecule has 1 saturated heterocycles. The van der Waals surface area contributed by atoms with Gasteiger partial charge in [0.1, 0.15) is 0 Å². The molecule has 1 aromatic rings. The van der Waals surface area contributed by atoms with E-state index in [0.29, 0.717) is 31.9 Å². The van der Waals surface area contributed by atoms with Crippen molar-refractivity contribution in [2.45, 2.75) is 31.2 Å². The highest BCUT2D eigenvalue weighted by Crippen LogP contribution is 2.29. The fourth-order valence-electron chi connectivity index (χ4n) is 2.92. The number of benzene rings is 1. The van der Waals surface area contributed by atoms with E-state index in [1.807, 2.05) is 0 Å². The number of alkyl halides is 6. The monoisotopic (exact) mass is 524 g/mol.